The van der Waals surface area contributed by atoms with Crippen LogP contribution in [0.4, 0.5) is 0 Å². The molecule has 1 unspecified atom stereocenters. The van der Waals surface area contributed by atoms with Crippen molar-refractivity contribution < 1.29 is 4.79 Å². The number of amides is 1. The first-order valence-electron chi connectivity index (χ1n) is 7.94. The molecule has 2 aromatic heterocycles. The van der Waals surface area contributed by atoms with E-state index < -0.39 is 0 Å². The van der Waals surface area contributed by atoms with Crippen LogP contribution in [0.15, 0.2) is 18.6 Å². The SMILES string of the molecule is O=C(c1n[nH]c2c1CCC2)N1CCCC(c2ccncn2)C1. The molecule has 6 nitrogen and oxygen atoms in total. The van der Waals surface area contributed by atoms with E-state index in [1.807, 2.05) is 11.0 Å². The van der Waals surface area contributed by atoms with Crippen LogP contribution in [0, 0.1) is 0 Å². The van der Waals surface area contributed by atoms with Gasteiger partial charge in [-0.2, -0.15) is 5.10 Å². The quantitative estimate of drug-likeness (QED) is 0.915. The van der Waals surface area contributed by atoms with Crippen LogP contribution in [-0.4, -0.2) is 44.1 Å². The maximum absolute atomic E-state index is 12.8. The van der Waals surface area contributed by atoms with Gasteiger partial charge in [0.25, 0.3) is 5.91 Å². The molecule has 1 aliphatic carbocycles. The van der Waals surface area contributed by atoms with E-state index in [0.717, 1.165) is 62.1 Å². The summed E-state index contributed by atoms with van der Waals surface area (Å²) in [6.07, 6.45) is 8.52. The Morgan fingerprint density at radius 2 is 2.27 bits per heavy atom. The Hall–Kier alpha value is -2.24. The van der Waals surface area contributed by atoms with Crippen molar-refractivity contribution >= 4 is 5.91 Å². The van der Waals surface area contributed by atoms with E-state index in [1.165, 1.54) is 0 Å². The molecule has 22 heavy (non-hydrogen) atoms. The Labute approximate surface area is 129 Å². The number of H-pyrrole nitrogens is 1. The van der Waals surface area contributed by atoms with Crippen molar-refractivity contribution in [2.75, 3.05) is 13.1 Å². The first-order valence-corrected chi connectivity index (χ1v) is 7.94. The predicted molar refractivity (Wildman–Crippen MR) is 80.5 cm³/mol. The third-order valence-electron chi connectivity index (χ3n) is 4.74. The molecule has 0 aromatic carbocycles. The molecular formula is C16H19N5O. The summed E-state index contributed by atoms with van der Waals surface area (Å²) in [7, 11) is 0. The zero-order valence-electron chi connectivity index (χ0n) is 12.5. The smallest absolute Gasteiger partial charge is 0.274 e. The zero-order chi connectivity index (χ0) is 14.9. The Morgan fingerprint density at radius 3 is 3.14 bits per heavy atom. The highest BCUT2D eigenvalue weighted by Gasteiger charge is 2.30. The average molecular weight is 297 g/mol. The number of likely N-dealkylation sites (tertiary alicyclic amines) is 1. The molecule has 0 spiro atoms. The molecule has 1 saturated heterocycles. The third kappa shape index (κ3) is 2.28. The lowest BCUT2D eigenvalue weighted by atomic mass is 9.94. The maximum Gasteiger partial charge on any atom is 0.274 e. The van der Waals surface area contributed by atoms with Crippen molar-refractivity contribution in [1.82, 2.24) is 25.1 Å². The van der Waals surface area contributed by atoms with Gasteiger partial charge in [0.15, 0.2) is 5.69 Å². The lowest BCUT2D eigenvalue weighted by Gasteiger charge is -2.32. The summed E-state index contributed by atoms with van der Waals surface area (Å²) in [5, 5.41) is 7.30. The first kappa shape index (κ1) is 13.4. The number of fused-ring (bicyclic) bond motifs is 1. The molecule has 3 heterocycles. The number of carbonyl (C=O) groups excluding carboxylic acids is 1. The molecule has 2 aromatic rings. The zero-order valence-corrected chi connectivity index (χ0v) is 12.5. The minimum absolute atomic E-state index is 0.0677. The fraction of sp³-hybridized carbons (Fsp3) is 0.500. The minimum Gasteiger partial charge on any atom is -0.337 e. The van der Waals surface area contributed by atoms with Crippen molar-refractivity contribution in [3.8, 4) is 0 Å². The third-order valence-corrected chi connectivity index (χ3v) is 4.74. The highest BCUT2D eigenvalue weighted by molar-refractivity contribution is 5.94. The number of aromatic nitrogens is 4. The normalized spacial score (nSPS) is 20.9. The summed E-state index contributed by atoms with van der Waals surface area (Å²) in [6.45, 7) is 1.53. The molecule has 0 saturated carbocycles. The summed E-state index contributed by atoms with van der Waals surface area (Å²) < 4.78 is 0. The molecular weight excluding hydrogens is 278 g/mol. The van der Waals surface area contributed by atoms with Crippen LogP contribution >= 0.6 is 0 Å². The Kier molecular flexibility index (Phi) is 3.36. The molecule has 1 amide bonds. The number of hydrogen-bond acceptors (Lipinski definition) is 4. The highest BCUT2D eigenvalue weighted by atomic mass is 16.2. The Morgan fingerprint density at radius 1 is 1.32 bits per heavy atom. The van der Waals surface area contributed by atoms with Gasteiger partial charge in [-0.25, -0.2) is 9.97 Å². The summed E-state index contributed by atoms with van der Waals surface area (Å²) in [5.74, 6) is 0.367. The van der Waals surface area contributed by atoms with Crippen molar-refractivity contribution in [1.29, 1.82) is 0 Å². The number of nitrogens with zero attached hydrogens (tertiary/aromatic N) is 4. The van der Waals surface area contributed by atoms with Crippen molar-refractivity contribution in [3.63, 3.8) is 0 Å². The minimum atomic E-state index is 0.0677. The van der Waals surface area contributed by atoms with Gasteiger partial charge < -0.3 is 4.90 Å². The van der Waals surface area contributed by atoms with E-state index in [2.05, 4.69) is 20.2 Å². The molecule has 1 aliphatic heterocycles. The molecule has 1 fully saturated rings. The van der Waals surface area contributed by atoms with Gasteiger partial charge in [0.2, 0.25) is 0 Å². The van der Waals surface area contributed by atoms with E-state index >= 15 is 0 Å². The largest absolute Gasteiger partial charge is 0.337 e. The van der Waals surface area contributed by atoms with Crippen LogP contribution < -0.4 is 0 Å². The van der Waals surface area contributed by atoms with Crippen LogP contribution in [0.2, 0.25) is 0 Å². The molecule has 0 radical (unpaired) electrons. The van der Waals surface area contributed by atoms with Gasteiger partial charge in [-0.15, -0.1) is 0 Å². The van der Waals surface area contributed by atoms with Gasteiger partial charge in [0, 0.05) is 42.2 Å². The molecule has 114 valence electrons. The van der Waals surface area contributed by atoms with Crippen molar-refractivity contribution in [2.24, 2.45) is 0 Å². The number of hydrogen-bond donors (Lipinski definition) is 1. The second-order valence-electron chi connectivity index (χ2n) is 6.11. The van der Waals surface area contributed by atoms with Gasteiger partial charge in [0.05, 0.1) is 0 Å². The predicted octanol–water partition coefficient (Wildman–Crippen LogP) is 1.71. The molecule has 2 aliphatic rings. The lowest BCUT2D eigenvalue weighted by Crippen LogP contribution is -2.39. The number of nitrogens with one attached hydrogen (secondary N) is 1. The van der Waals surface area contributed by atoms with Crippen LogP contribution in [-0.2, 0) is 12.8 Å². The Balaban J connectivity index is 1.53. The summed E-state index contributed by atoms with van der Waals surface area (Å²) in [6, 6.07) is 1.95. The van der Waals surface area contributed by atoms with Gasteiger partial charge in [-0.1, -0.05) is 0 Å². The number of aromatic amines is 1. The van der Waals surface area contributed by atoms with Gasteiger partial charge in [-0.3, -0.25) is 9.89 Å². The van der Waals surface area contributed by atoms with Gasteiger partial charge in [-0.05, 0) is 38.2 Å². The number of rotatable bonds is 2. The maximum atomic E-state index is 12.8. The van der Waals surface area contributed by atoms with Crippen LogP contribution in [0.1, 0.15) is 52.6 Å². The van der Waals surface area contributed by atoms with Gasteiger partial charge in [0.1, 0.15) is 6.33 Å². The van der Waals surface area contributed by atoms with E-state index in [-0.39, 0.29) is 5.91 Å². The van der Waals surface area contributed by atoms with E-state index in [0.29, 0.717) is 11.6 Å². The second-order valence-corrected chi connectivity index (χ2v) is 6.11. The van der Waals surface area contributed by atoms with Gasteiger partial charge >= 0.3 is 0 Å². The second kappa shape index (κ2) is 5.51. The monoisotopic (exact) mass is 297 g/mol. The average Bonchev–Trinajstić information content (AvgIpc) is 3.18. The standard InChI is InChI=1S/C16H19N5O/c22-16(15-12-4-1-5-14(12)19-20-15)21-8-2-3-11(9-21)13-6-7-17-10-18-13/h6-7,10-11H,1-5,8-9H2,(H,19,20). The lowest BCUT2D eigenvalue weighted by molar-refractivity contribution is 0.0698. The molecule has 1 N–H and O–H groups in total. The first-order chi connectivity index (χ1) is 10.8. The molecule has 6 heteroatoms. The van der Waals surface area contributed by atoms with Crippen LogP contribution in [0.3, 0.4) is 0 Å². The molecule has 4 rings (SSSR count). The number of aryl methyl sites for hydroxylation is 1. The molecule has 1 atom stereocenters. The fourth-order valence-corrected chi connectivity index (χ4v) is 3.59. The molecule has 0 bridgehead atoms. The van der Waals surface area contributed by atoms with Crippen LogP contribution in [0.25, 0.3) is 0 Å². The summed E-state index contributed by atoms with van der Waals surface area (Å²) >= 11 is 0. The topological polar surface area (TPSA) is 74.8 Å². The van der Waals surface area contributed by atoms with Crippen LogP contribution in [0.5, 0.6) is 0 Å². The van der Waals surface area contributed by atoms with Crippen molar-refractivity contribution in [3.05, 3.63) is 41.2 Å². The highest BCUT2D eigenvalue weighted by Crippen LogP contribution is 2.28. The van der Waals surface area contributed by atoms with E-state index in [9.17, 15) is 4.79 Å². The Bertz CT molecular complexity index is 681. The summed E-state index contributed by atoms with van der Waals surface area (Å²) in [5.41, 5.74) is 3.94. The van der Waals surface area contributed by atoms with Crippen molar-refractivity contribution in [2.45, 2.75) is 38.0 Å². The number of piperidine rings is 1. The number of carbonyl (C=O) groups is 1. The summed E-state index contributed by atoms with van der Waals surface area (Å²) in [4.78, 5) is 23.1. The van der Waals surface area contributed by atoms with E-state index in [1.54, 1.807) is 12.5 Å². The fourth-order valence-electron chi connectivity index (χ4n) is 3.59. The van der Waals surface area contributed by atoms with E-state index in [4.69, 9.17) is 0 Å².